The summed E-state index contributed by atoms with van der Waals surface area (Å²) >= 11 is 0. The highest BCUT2D eigenvalue weighted by molar-refractivity contribution is 5.23. The molecule has 1 aliphatic heterocycles. The zero-order valence-electron chi connectivity index (χ0n) is 12.5. The van der Waals surface area contributed by atoms with E-state index in [2.05, 4.69) is 50.4 Å². The van der Waals surface area contributed by atoms with Crippen molar-refractivity contribution in [2.75, 3.05) is 6.54 Å². The van der Waals surface area contributed by atoms with Gasteiger partial charge in [-0.3, -0.25) is 0 Å². The van der Waals surface area contributed by atoms with E-state index in [9.17, 15) is 0 Å². The molecule has 2 rings (SSSR count). The van der Waals surface area contributed by atoms with Crippen molar-refractivity contribution in [3.63, 3.8) is 0 Å². The van der Waals surface area contributed by atoms with Crippen LogP contribution in [0.4, 0.5) is 0 Å². The monoisotopic (exact) mass is 261 g/mol. The van der Waals surface area contributed by atoms with E-state index < -0.39 is 0 Å². The number of benzene rings is 1. The van der Waals surface area contributed by atoms with Gasteiger partial charge in [-0.15, -0.1) is 0 Å². The Morgan fingerprint density at radius 3 is 2.84 bits per heavy atom. The van der Waals surface area contributed by atoms with Crippen LogP contribution < -0.4 is 5.32 Å². The molecular weight excluding hydrogens is 234 g/mol. The minimum Gasteiger partial charge on any atom is -0.374 e. The fourth-order valence-corrected chi connectivity index (χ4v) is 2.89. The molecule has 0 saturated carbocycles. The highest BCUT2D eigenvalue weighted by Gasteiger charge is 2.29. The van der Waals surface area contributed by atoms with Crippen LogP contribution in [0.15, 0.2) is 24.3 Å². The van der Waals surface area contributed by atoms with E-state index in [1.54, 1.807) is 0 Å². The Morgan fingerprint density at radius 2 is 2.21 bits per heavy atom. The lowest BCUT2D eigenvalue weighted by atomic mass is 9.98. The molecule has 0 amide bonds. The van der Waals surface area contributed by atoms with Crippen LogP contribution >= 0.6 is 0 Å². The predicted octanol–water partition coefficient (Wildman–Crippen LogP) is 3.47. The summed E-state index contributed by atoms with van der Waals surface area (Å²) in [4.78, 5) is 0. The molecule has 1 fully saturated rings. The van der Waals surface area contributed by atoms with Gasteiger partial charge < -0.3 is 10.1 Å². The number of nitrogens with one attached hydrogen (secondary N) is 1. The summed E-state index contributed by atoms with van der Waals surface area (Å²) in [5.41, 5.74) is 2.75. The van der Waals surface area contributed by atoms with Gasteiger partial charge in [0.2, 0.25) is 0 Å². The van der Waals surface area contributed by atoms with E-state index in [1.165, 1.54) is 30.4 Å². The van der Waals surface area contributed by atoms with Crippen molar-refractivity contribution in [1.82, 2.24) is 5.32 Å². The Balaban J connectivity index is 2.00. The lowest BCUT2D eigenvalue weighted by Crippen LogP contribution is -2.42. The molecule has 1 aromatic carbocycles. The van der Waals surface area contributed by atoms with Crippen molar-refractivity contribution in [1.29, 1.82) is 0 Å². The molecule has 0 aromatic heterocycles. The second-order valence-electron chi connectivity index (χ2n) is 5.82. The third-order valence-corrected chi connectivity index (χ3v) is 3.91. The molecule has 2 heteroatoms. The molecule has 0 radical (unpaired) electrons. The first-order valence-electron chi connectivity index (χ1n) is 7.63. The predicted molar refractivity (Wildman–Crippen MR) is 80.5 cm³/mol. The third kappa shape index (κ3) is 4.32. The van der Waals surface area contributed by atoms with Crippen molar-refractivity contribution in [3.05, 3.63) is 35.4 Å². The van der Waals surface area contributed by atoms with Crippen LogP contribution in [-0.2, 0) is 11.2 Å². The number of aryl methyl sites for hydroxylation is 1. The zero-order chi connectivity index (χ0) is 13.7. The van der Waals surface area contributed by atoms with E-state index in [-0.39, 0.29) is 0 Å². The molecule has 1 aliphatic rings. The molecule has 2 nitrogen and oxygen atoms in total. The summed E-state index contributed by atoms with van der Waals surface area (Å²) in [6.07, 6.45) is 5.43. The summed E-state index contributed by atoms with van der Waals surface area (Å²) < 4.78 is 6.06. The van der Waals surface area contributed by atoms with Crippen LogP contribution in [0, 0.1) is 6.92 Å². The zero-order valence-corrected chi connectivity index (χ0v) is 12.5. The van der Waals surface area contributed by atoms with E-state index in [0.717, 1.165) is 13.0 Å². The Labute approximate surface area is 117 Å². The Kier molecular flexibility index (Phi) is 5.41. The maximum atomic E-state index is 6.06. The van der Waals surface area contributed by atoms with Gasteiger partial charge in [-0.05, 0) is 51.6 Å². The molecule has 1 N–H and O–H groups in total. The molecule has 3 atom stereocenters. The van der Waals surface area contributed by atoms with E-state index in [1.807, 2.05) is 0 Å². The lowest BCUT2D eigenvalue weighted by molar-refractivity contribution is 0.0321. The van der Waals surface area contributed by atoms with Gasteiger partial charge in [-0.1, -0.05) is 36.8 Å². The molecule has 0 bridgehead atoms. The van der Waals surface area contributed by atoms with Gasteiger partial charge in [0.05, 0.1) is 12.2 Å². The molecule has 19 heavy (non-hydrogen) atoms. The molecular formula is C17H27NO. The average Bonchev–Trinajstić information content (AvgIpc) is 2.81. The second-order valence-corrected chi connectivity index (χ2v) is 5.82. The molecule has 0 aliphatic carbocycles. The van der Waals surface area contributed by atoms with E-state index in [4.69, 9.17) is 4.74 Å². The minimum absolute atomic E-state index is 0.377. The van der Waals surface area contributed by atoms with Gasteiger partial charge in [0, 0.05) is 6.04 Å². The van der Waals surface area contributed by atoms with Crippen molar-refractivity contribution in [3.8, 4) is 0 Å². The fraction of sp³-hybridized carbons (Fsp3) is 0.647. The van der Waals surface area contributed by atoms with Gasteiger partial charge in [-0.25, -0.2) is 0 Å². The highest BCUT2D eigenvalue weighted by Crippen LogP contribution is 2.23. The van der Waals surface area contributed by atoms with E-state index in [0.29, 0.717) is 18.2 Å². The van der Waals surface area contributed by atoms with Crippen LogP contribution in [0.5, 0.6) is 0 Å². The number of hydrogen-bond donors (Lipinski definition) is 1. The molecule has 0 spiro atoms. The van der Waals surface area contributed by atoms with Crippen LogP contribution in [0.2, 0.25) is 0 Å². The highest BCUT2D eigenvalue weighted by atomic mass is 16.5. The van der Waals surface area contributed by atoms with Gasteiger partial charge in [0.1, 0.15) is 0 Å². The van der Waals surface area contributed by atoms with Crippen LogP contribution in [0.25, 0.3) is 0 Å². The Morgan fingerprint density at radius 1 is 1.37 bits per heavy atom. The standard InChI is InChI=1S/C17H27NO/c1-4-10-18-16(17-9-8-14(3)19-17)12-15-7-5-6-13(2)11-15/h5-7,11,14,16-18H,4,8-10,12H2,1-3H3. The van der Waals surface area contributed by atoms with Crippen molar-refractivity contribution in [2.45, 2.75) is 64.7 Å². The Bertz CT molecular complexity index is 391. The molecule has 1 aromatic rings. The fourth-order valence-electron chi connectivity index (χ4n) is 2.89. The van der Waals surface area contributed by atoms with Crippen molar-refractivity contribution in [2.24, 2.45) is 0 Å². The summed E-state index contributed by atoms with van der Waals surface area (Å²) in [5, 5.41) is 3.67. The van der Waals surface area contributed by atoms with Crippen LogP contribution in [0.1, 0.15) is 44.2 Å². The summed E-state index contributed by atoms with van der Waals surface area (Å²) in [5.74, 6) is 0. The normalized spacial score (nSPS) is 24.6. The van der Waals surface area contributed by atoms with Gasteiger partial charge in [0.25, 0.3) is 0 Å². The van der Waals surface area contributed by atoms with Crippen LogP contribution in [-0.4, -0.2) is 24.8 Å². The molecule has 1 heterocycles. The summed E-state index contributed by atoms with van der Waals surface area (Å²) in [6, 6.07) is 9.28. The largest absolute Gasteiger partial charge is 0.374 e. The first-order valence-corrected chi connectivity index (χ1v) is 7.63. The minimum atomic E-state index is 0.377. The summed E-state index contributed by atoms with van der Waals surface area (Å²) in [7, 11) is 0. The molecule has 106 valence electrons. The lowest BCUT2D eigenvalue weighted by Gasteiger charge is -2.25. The van der Waals surface area contributed by atoms with Gasteiger partial charge in [0.15, 0.2) is 0 Å². The first-order chi connectivity index (χ1) is 9.19. The van der Waals surface area contributed by atoms with Crippen molar-refractivity contribution < 1.29 is 4.74 Å². The topological polar surface area (TPSA) is 21.3 Å². The molecule has 1 saturated heterocycles. The SMILES string of the molecule is CCCNC(Cc1cccc(C)c1)C1CCC(C)O1. The maximum Gasteiger partial charge on any atom is 0.0735 e. The average molecular weight is 261 g/mol. The summed E-state index contributed by atoms with van der Waals surface area (Å²) in [6.45, 7) is 7.63. The quantitative estimate of drug-likeness (QED) is 0.846. The van der Waals surface area contributed by atoms with Gasteiger partial charge in [-0.2, -0.15) is 0 Å². The Hall–Kier alpha value is -0.860. The first kappa shape index (κ1) is 14.5. The number of hydrogen-bond acceptors (Lipinski definition) is 2. The van der Waals surface area contributed by atoms with Crippen LogP contribution in [0.3, 0.4) is 0 Å². The number of rotatable bonds is 6. The molecule has 3 unspecified atom stereocenters. The second kappa shape index (κ2) is 7.06. The third-order valence-electron chi connectivity index (χ3n) is 3.91. The van der Waals surface area contributed by atoms with Crippen molar-refractivity contribution >= 4 is 0 Å². The maximum absolute atomic E-state index is 6.06. The van der Waals surface area contributed by atoms with E-state index >= 15 is 0 Å². The smallest absolute Gasteiger partial charge is 0.0735 e. The number of ether oxygens (including phenoxy) is 1. The van der Waals surface area contributed by atoms with Gasteiger partial charge >= 0.3 is 0 Å².